The summed E-state index contributed by atoms with van der Waals surface area (Å²) in [6.07, 6.45) is 1.55. The van der Waals surface area contributed by atoms with E-state index in [1.807, 2.05) is 30.3 Å². The predicted molar refractivity (Wildman–Crippen MR) is 104 cm³/mol. The Morgan fingerprint density at radius 1 is 1.04 bits per heavy atom. The van der Waals surface area contributed by atoms with E-state index >= 15 is 0 Å². The van der Waals surface area contributed by atoms with Crippen LogP contribution in [-0.2, 0) is 20.9 Å². The first-order valence-corrected chi connectivity index (χ1v) is 9.56. The minimum atomic E-state index is -0.444. The maximum atomic E-state index is 13.1. The van der Waals surface area contributed by atoms with Gasteiger partial charge in [-0.1, -0.05) is 42.5 Å². The minimum absolute atomic E-state index is 0.0772. The molecule has 0 bridgehead atoms. The van der Waals surface area contributed by atoms with Crippen LogP contribution in [0.5, 0.6) is 0 Å². The van der Waals surface area contributed by atoms with Crippen molar-refractivity contribution in [3.8, 4) is 0 Å². The second kappa shape index (κ2) is 7.84. The predicted octanol–water partition coefficient (Wildman–Crippen LogP) is 2.77. The molecule has 2 aromatic rings. The van der Waals surface area contributed by atoms with E-state index in [9.17, 15) is 14.4 Å². The van der Waals surface area contributed by atoms with Crippen molar-refractivity contribution in [1.82, 2.24) is 4.90 Å². The molecule has 0 aliphatic carbocycles. The lowest BCUT2D eigenvalue weighted by Gasteiger charge is -2.25. The highest BCUT2D eigenvalue weighted by Crippen LogP contribution is 2.32. The summed E-state index contributed by atoms with van der Waals surface area (Å²) < 4.78 is 5.33. The van der Waals surface area contributed by atoms with E-state index in [0.29, 0.717) is 24.2 Å². The van der Waals surface area contributed by atoms with Gasteiger partial charge in [0.1, 0.15) is 12.6 Å². The number of amides is 2. The highest BCUT2D eigenvalue weighted by molar-refractivity contribution is 6.11. The van der Waals surface area contributed by atoms with E-state index in [1.165, 1.54) is 0 Å². The number of fused-ring (bicyclic) bond motifs is 2. The largest absolute Gasteiger partial charge is 0.461 e. The number of ether oxygens (including phenoxy) is 1. The zero-order valence-electron chi connectivity index (χ0n) is 15.5. The molecule has 144 valence electrons. The molecule has 2 aliphatic rings. The van der Waals surface area contributed by atoms with E-state index in [2.05, 4.69) is 0 Å². The monoisotopic (exact) mass is 378 g/mol. The lowest BCUT2D eigenvalue weighted by molar-refractivity contribution is -0.144. The van der Waals surface area contributed by atoms with Crippen LogP contribution in [0.2, 0.25) is 0 Å². The molecule has 2 aliphatic heterocycles. The second-order valence-electron chi connectivity index (χ2n) is 7.06. The van der Waals surface area contributed by atoms with Crippen LogP contribution >= 0.6 is 0 Å². The first-order valence-electron chi connectivity index (χ1n) is 9.56. The van der Waals surface area contributed by atoms with E-state index in [-0.39, 0.29) is 37.4 Å². The zero-order valence-corrected chi connectivity index (χ0v) is 15.5. The summed E-state index contributed by atoms with van der Waals surface area (Å²) >= 11 is 0. The van der Waals surface area contributed by atoms with Crippen LogP contribution < -0.4 is 4.90 Å². The van der Waals surface area contributed by atoms with Gasteiger partial charge in [0, 0.05) is 13.1 Å². The van der Waals surface area contributed by atoms with Crippen molar-refractivity contribution < 1.29 is 19.1 Å². The Bertz CT molecular complexity index is 896. The molecular formula is C22H22N2O4. The van der Waals surface area contributed by atoms with Crippen LogP contribution in [0.1, 0.15) is 35.2 Å². The number of para-hydroxylation sites is 1. The van der Waals surface area contributed by atoms with Crippen molar-refractivity contribution in [2.75, 3.05) is 18.0 Å². The van der Waals surface area contributed by atoms with Crippen LogP contribution in [-0.4, -0.2) is 41.8 Å². The van der Waals surface area contributed by atoms with Crippen molar-refractivity contribution in [2.45, 2.75) is 31.9 Å². The number of anilines is 1. The Labute approximate surface area is 163 Å². The molecular weight excluding hydrogens is 356 g/mol. The number of rotatable bonds is 5. The van der Waals surface area contributed by atoms with Crippen LogP contribution in [0.15, 0.2) is 54.6 Å². The topological polar surface area (TPSA) is 66.9 Å². The number of benzene rings is 2. The average molecular weight is 378 g/mol. The van der Waals surface area contributed by atoms with Gasteiger partial charge in [0.05, 0.1) is 17.7 Å². The maximum Gasteiger partial charge on any atom is 0.307 e. The molecule has 0 aromatic heterocycles. The van der Waals surface area contributed by atoms with E-state index in [1.54, 1.807) is 34.1 Å². The number of nitrogens with zero attached hydrogens (tertiary/aromatic N) is 2. The highest BCUT2D eigenvalue weighted by Gasteiger charge is 2.41. The first-order chi connectivity index (χ1) is 13.6. The fourth-order valence-electron chi connectivity index (χ4n) is 3.85. The summed E-state index contributed by atoms with van der Waals surface area (Å²) in [5, 5.41) is 0. The van der Waals surface area contributed by atoms with E-state index < -0.39 is 6.04 Å². The molecule has 1 fully saturated rings. The van der Waals surface area contributed by atoms with Gasteiger partial charge in [0.15, 0.2) is 0 Å². The van der Waals surface area contributed by atoms with Crippen molar-refractivity contribution in [2.24, 2.45) is 0 Å². The number of esters is 1. The molecule has 1 saturated heterocycles. The van der Waals surface area contributed by atoms with Gasteiger partial charge < -0.3 is 14.5 Å². The van der Waals surface area contributed by atoms with Crippen molar-refractivity contribution >= 4 is 23.5 Å². The molecule has 0 N–H and O–H groups in total. The third-order valence-electron chi connectivity index (χ3n) is 5.27. The van der Waals surface area contributed by atoms with Gasteiger partial charge in [-0.05, 0) is 30.5 Å². The molecule has 1 atom stereocenters. The number of hydrogen-bond donors (Lipinski definition) is 0. The van der Waals surface area contributed by atoms with Crippen LogP contribution in [0.25, 0.3) is 0 Å². The van der Waals surface area contributed by atoms with Crippen LogP contribution in [0.4, 0.5) is 5.69 Å². The maximum absolute atomic E-state index is 13.1. The van der Waals surface area contributed by atoms with Gasteiger partial charge >= 0.3 is 5.97 Å². The lowest BCUT2D eigenvalue weighted by atomic mass is 10.1. The average Bonchev–Trinajstić information content (AvgIpc) is 3.20. The summed E-state index contributed by atoms with van der Waals surface area (Å²) in [6, 6.07) is 16.1. The second-order valence-corrected chi connectivity index (χ2v) is 7.06. The standard InChI is InChI=1S/C22H22N2O4/c25-20(28-15-16-7-2-1-3-8-16)12-14-24-18-10-5-4-9-17(18)21(26)23-13-6-11-19(23)22(24)27/h1-5,7-10,19H,6,11-15H2. The van der Waals surface area contributed by atoms with Gasteiger partial charge in [-0.2, -0.15) is 0 Å². The number of carbonyl (C=O) groups excluding carboxylic acids is 3. The SMILES string of the molecule is O=C(CCN1C(=O)C2CCCN2C(=O)c2ccccc21)OCc1ccccc1. The lowest BCUT2D eigenvalue weighted by Crippen LogP contribution is -2.45. The Hall–Kier alpha value is -3.15. The van der Waals surface area contributed by atoms with Crippen molar-refractivity contribution in [3.05, 3.63) is 65.7 Å². The molecule has 6 heteroatoms. The Morgan fingerprint density at radius 2 is 1.79 bits per heavy atom. The summed E-state index contributed by atoms with van der Waals surface area (Å²) in [5.74, 6) is -0.597. The quantitative estimate of drug-likeness (QED) is 0.751. The van der Waals surface area contributed by atoms with Gasteiger partial charge in [-0.25, -0.2) is 0 Å². The zero-order chi connectivity index (χ0) is 19.5. The van der Waals surface area contributed by atoms with Crippen molar-refractivity contribution in [3.63, 3.8) is 0 Å². The minimum Gasteiger partial charge on any atom is -0.461 e. The molecule has 4 rings (SSSR count). The van der Waals surface area contributed by atoms with Gasteiger partial charge in [0.2, 0.25) is 5.91 Å². The van der Waals surface area contributed by atoms with Gasteiger partial charge in [-0.15, -0.1) is 0 Å². The summed E-state index contributed by atoms with van der Waals surface area (Å²) in [4.78, 5) is 41.4. The van der Waals surface area contributed by atoms with E-state index in [4.69, 9.17) is 4.74 Å². The molecule has 2 amide bonds. The Kier molecular flexibility index (Phi) is 5.10. The van der Waals surface area contributed by atoms with Crippen LogP contribution in [0, 0.1) is 0 Å². The fraction of sp³-hybridized carbons (Fsp3) is 0.318. The third kappa shape index (κ3) is 3.50. The highest BCUT2D eigenvalue weighted by atomic mass is 16.5. The molecule has 28 heavy (non-hydrogen) atoms. The Balaban J connectivity index is 1.48. The molecule has 0 radical (unpaired) electrons. The van der Waals surface area contributed by atoms with Gasteiger partial charge in [-0.3, -0.25) is 14.4 Å². The van der Waals surface area contributed by atoms with Gasteiger partial charge in [0.25, 0.3) is 5.91 Å². The van der Waals surface area contributed by atoms with Crippen molar-refractivity contribution in [1.29, 1.82) is 0 Å². The van der Waals surface area contributed by atoms with Crippen LogP contribution in [0.3, 0.4) is 0 Å². The summed E-state index contributed by atoms with van der Waals surface area (Å²) in [6.45, 7) is 0.997. The molecule has 1 unspecified atom stereocenters. The third-order valence-corrected chi connectivity index (χ3v) is 5.27. The summed E-state index contributed by atoms with van der Waals surface area (Å²) in [5.41, 5.74) is 2.00. The fourth-order valence-corrected chi connectivity index (χ4v) is 3.85. The molecule has 0 saturated carbocycles. The normalized spacial score (nSPS) is 18.5. The first kappa shape index (κ1) is 18.2. The number of hydrogen-bond acceptors (Lipinski definition) is 4. The smallest absolute Gasteiger partial charge is 0.307 e. The molecule has 6 nitrogen and oxygen atoms in total. The Morgan fingerprint density at radius 3 is 2.61 bits per heavy atom. The molecule has 2 heterocycles. The number of carbonyl (C=O) groups is 3. The molecule has 2 aromatic carbocycles. The molecule has 0 spiro atoms. The van der Waals surface area contributed by atoms with E-state index in [0.717, 1.165) is 12.0 Å². The summed E-state index contributed by atoms with van der Waals surface area (Å²) in [7, 11) is 0.